The molecule has 1 aliphatic rings. The Hall–Kier alpha value is -1.26. The minimum Gasteiger partial charge on any atom is -0.481 e. The summed E-state index contributed by atoms with van der Waals surface area (Å²) in [4.78, 5) is 23.9. The first-order valence-corrected chi connectivity index (χ1v) is 5.51. The number of rotatable bonds is 3. The van der Waals surface area contributed by atoms with Gasteiger partial charge in [0, 0.05) is 13.1 Å². The van der Waals surface area contributed by atoms with Crippen molar-refractivity contribution in [2.75, 3.05) is 20.2 Å². The predicted octanol–water partition coefficient (Wildman–Crippen LogP) is 1.43. The Morgan fingerprint density at radius 2 is 2.06 bits per heavy atom. The van der Waals surface area contributed by atoms with Gasteiger partial charge in [0.15, 0.2) is 0 Å². The summed E-state index contributed by atoms with van der Waals surface area (Å²) in [5, 5.41) is 9.09. The van der Waals surface area contributed by atoms with Gasteiger partial charge in [-0.05, 0) is 18.3 Å². The van der Waals surface area contributed by atoms with Crippen molar-refractivity contribution in [2.45, 2.75) is 20.3 Å². The molecule has 1 N–H and O–H groups in total. The summed E-state index contributed by atoms with van der Waals surface area (Å²) in [6, 6.07) is 0. The number of amides is 1. The molecule has 1 fully saturated rings. The first kappa shape index (κ1) is 12.8. The van der Waals surface area contributed by atoms with Crippen molar-refractivity contribution in [3.63, 3.8) is 0 Å². The zero-order valence-electron chi connectivity index (χ0n) is 9.97. The zero-order chi connectivity index (χ0) is 12.3. The largest absolute Gasteiger partial charge is 0.481 e. The zero-order valence-corrected chi connectivity index (χ0v) is 9.97. The fraction of sp³-hybridized carbons (Fsp3) is 0.818. The number of carbonyl (C=O) groups is 2. The molecule has 1 saturated heterocycles. The molecule has 0 spiro atoms. The third kappa shape index (κ3) is 2.87. The Morgan fingerprint density at radius 3 is 2.50 bits per heavy atom. The lowest BCUT2D eigenvalue weighted by Gasteiger charge is -2.16. The number of carboxylic acids is 1. The maximum atomic E-state index is 11.3. The van der Waals surface area contributed by atoms with Gasteiger partial charge in [0.05, 0.1) is 13.0 Å². The number of nitrogens with zero attached hydrogens (tertiary/aromatic N) is 1. The molecular weight excluding hydrogens is 210 g/mol. The Morgan fingerprint density at radius 1 is 1.44 bits per heavy atom. The van der Waals surface area contributed by atoms with E-state index >= 15 is 0 Å². The lowest BCUT2D eigenvalue weighted by Crippen LogP contribution is -2.29. The summed E-state index contributed by atoms with van der Waals surface area (Å²) >= 11 is 0. The summed E-state index contributed by atoms with van der Waals surface area (Å²) in [6.45, 7) is 4.86. The van der Waals surface area contributed by atoms with Crippen molar-refractivity contribution in [3.8, 4) is 0 Å². The minimum atomic E-state index is -0.822. The van der Waals surface area contributed by atoms with Gasteiger partial charge in [-0.25, -0.2) is 4.79 Å². The van der Waals surface area contributed by atoms with Gasteiger partial charge in [0.25, 0.3) is 0 Å². The molecule has 1 amide bonds. The SMILES string of the molecule is COC(=O)N1CC(CC(C)C)C(C(=O)O)C1. The average molecular weight is 229 g/mol. The smallest absolute Gasteiger partial charge is 0.409 e. The van der Waals surface area contributed by atoms with Crippen LogP contribution in [-0.2, 0) is 9.53 Å². The van der Waals surface area contributed by atoms with E-state index in [0.29, 0.717) is 12.5 Å². The van der Waals surface area contributed by atoms with Gasteiger partial charge in [0.1, 0.15) is 0 Å². The van der Waals surface area contributed by atoms with E-state index in [9.17, 15) is 9.59 Å². The Kier molecular flexibility index (Phi) is 4.15. The molecule has 1 aliphatic heterocycles. The molecule has 0 saturated carbocycles. The van der Waals surface area contributed by atoms with Gasteiger partial charge in [-0.15, -0.1) is 0 Å². The third-order valence-corrected chi connectivity index (χ3v) is 2.97. The summed E-state index contributed by atoms with van der Waals surface area (Å²) < 4.78 is 4.61. The number of methoxy groups -OCH3 is 1. The summed E-state index contributed by atoms with van der Waals surface area (Å²) in [7, 11) is 1.31. The normalized spacial score (nSPS) is 24.9. The van der Waals surface area contributed by atoms with Crippen LogP contribution in [0.2, 0.25) is 0 Å². The van der Waals surface area contributed by atoms with Gasteiger partial charge in [-0.3, -0.25) is 4.79 Å². The van der Waals surface area contributed by atoms with Gasteiger partial charge in [-0.2, -0.15) is 0 Å². The van der Waals surface area contributed by atoms with E-state index in [1.54, 1.807) is 0 Å². The van der Waals surface area contributed by atoms with E-state index in [0.717, 1.165) is 6.42 Å². The molecule has 2 unspecified atom stereocenters. The number of likely N-dealkylation sites (tertiary alicyclic amines) is 1. The molecule has 0 aromatic carbocycles. The van der Waals surface area contributed by atoms with Crippen LogP contribution >= 0.6 is 0 Å². The number of hydrogen-bond donors (Lipinski definition) is 1. The van der Waals surface area contributed by atoms with Crippen molar-refractivity contribution in [1.82, 2.24) is 4.90 Å². The maximum Gasteiger partial charge on any atom is 0.409 e. The van der Waals surface area contributed by atoms with Crippen LogP contribution in [0.15, 0.2) is 0 Å². The van der Waals surface area contributed by atoms with Crippen LogP contribution in [0.1, 0.15) is 20.3 Å². The van der Waals surface area contributed by atoms with Crippen LogP contribution in [0.3, 0.4) is 0 Å². The van der Waals surface area contributed by atoms with Crippen molar-refractivity contribution in [3.05, 3.63) is 0 Å². The van der Waals surface area contributed by atoms with Crippen molar-refractivity contribution in [1.29, 1.82) is 0 Å². The van der Waals surface area contributed by atoms with Crippen LogP contribution < -0.4 is 0 Å². The van der Waals surface area contributed by atoms with Crippen LogP contribution in [0.25, 0.3) is 0 Å². The highest BCUT2D eigenvalue weighted by molar-refractivity contribution is 5.74. The molecule has 0 aromatic rings. The van der Waals surface area contributed by atoms with Gasteiger partial charge >= 0.3 is 12.1 Å². The summed E-state index contributed by atoms with van der Waals surface area (Å²) in [5.41, 5.74) is 0. The van der Waals surface area contributed by atoms with E-state index in [4.69, 9.17) is 5.11 Å². The molecule has 5 heteroatoms. The van der Waals surface area contributed by atoms with Crippen LogP contribution in [-0.4, -0.2) is 42.3 Å². The van der Waals surface area contributed by atoms with Gasteiger partial charge in [-0.1, -0.05) is 13.8 Å². The highest BCUT2D eigenvalue weighted by Crippen LogP contribution is 2.29. The number of aliphatic carboxylic acids is 1. The summed E-state index contributed by atoms with van der Waals surface area (Å²) in [6.07, 6.45) is 0.391. The topological polar surface area (TPSA) is 66.8 Å². The average Bonchev–Trinajstić information content (AvgIpc) is 2.59. The van der Waals surface area contributed by atoms with Crippen LogP contribution in [0.4, 0.5) is 4.79 Å². The molecule has 1 heterocycles. The predicted molar refractivity (Wildman–Crippen MR) is 58.0 cm³/mol. The number of carboxylic acid groups (broad SMARTS) is 1. The molecule has 1 rings (SSSR count). The fourth-order valence-corrected chi connectivity index (χ4v) is 2.27. The van der Waals surface area contributed by atoms with Crippen molar-refractivity contribution < 1.29 is 19.4 Å². The fourth-order valence-electron chi connectivity index (χ4n) is 2.27. The Bertz CT molecular complexity index is 277. The maximum absolute atomic E-state index is 11.3. The summed E-state index contributed by atoms with van der Waals surface area (Å²) in [5.74, 6) is -0.806. The lowest BCUT2D eigenvalue weighted by molar-refractivity contribution is -0.142. The van der Waals surface area contributed by atoms with Crippen molar-refractivity contribution >= 4 is 12.1 Å². The molecule has 0 bridgehead atoms. The van der Waals surface area contributed by atoms with Crippen LogP contribution in [0.5, 0.6) is 0 Å². The minimum absolute atomic E-state index is 0.0385. The van der Waals surface area contributed by atoms with Crippen LogP contribution in [0, 0.1) is 17.8 Å². The molecule has 2 atom stereocenters. The number of carbonyl (C=O) groups excluding carboxylic acids is 1. The van der Waals surface area contributed by atoms with Gasteiger partial charge in [0.2, 0.25) is 0 Å². The lowest BCUT2D eigenvalue weighted by atomic mass is 9.88. The quantitative estimate of drug-likeness (QED) is 0.795. The monoisotopic (exact) mass is 229 g/mol. The number of hydrogen-bond acceptors (Lipinski definition) is 3. The molecule has 5 nitrogen and oxygen atoms in total. The Balaban J connectivity index is 2.68. The molecular formula is C11H19NO4. The second-order valence-electron chi connectivity index (χ2n) is 4.71. The highest BCUT2D eigenvalue weighted by atomic mass is 16.5. The molecule has 92 valence electrons. The van der Waals surface area contributed by atoms with E-state index in [1.807, 2.05) is 0 Å². The molecule has 0 radical (unpaired) electrons. The van der Waals surface area contributed by atoms with Gasteiger partial charge < -0.3 is 14.7 Å². The second kappa shape index (κ2) is 5.18. The van der Waals surface area contributed by atoms with E-state index in [1.165, 1.54) is 12.0 Å². The highest BCUT2D eigenvalue weighted by Gasteiger charge is 2.40. The Labute approximate surface area is 95.4 Å². The molecule has 16 heavy (non-hydrogen) atoms. The number of ether oxygens (including phenoxy) is 1. The van der Waals surface area contributed by atoms with Crippen molar-refractivity contribution in [2.24, 2.45) is 17.8 Å². The molecule has 0 aromatic heterocycles. The first-order chi connectivity index (χ1) is 7.45. The first-order valence-electron chi connectivity index (χ1n) is 5.51. The third-order valence-electron chi connectivity index (χ3n) is 2.97. The molecule has 0 aliphatic carbocycles. The second-order valence-corrected chi connectivity index (χ2v) is 4.71. The van der Waals surface area contributed by atoms with E-state index < -0.39 is 18.0 Å². The standard InChI is InChI=1S/C11H19NO4/c1-7(2)4-8-5-12(11(15)16-3)6-9(8)10(13)14/h7-9H,4-6H2,1-3H3,(H,13,14). The van der Waals surface area contributed by atoms with E-state index in [2.05, 4.69) is 18.6 Å². The van der Waals surface area contributed by atoms with E-state index in [-0.39, 0.29) is 12.5 Å².